The third-order valence-corrected chi connectivity index (χ3v) is 5.45. The molecule has 1 saturated heterocycles. The van der Waals surface area contributed by atoms with Crippen LogP contribution in [0.15, 0.2) is 78.4 Å². The van der Waals surface area contributed by atoms with Crippen molar-refractivity contribution in [3.05, 3.63) is 101 Å². The first-order chi connectivity index (χ1) is 15.4. The fourth-order valence-corrected chi connectivity index (χ4v) is 3.94. The Balaban J connectivity index is 1.94. The number of hydrogen-bond acceptors (Lipinski definition) is 4. The number of carbonyl (C=O) groups excluding carboxylic acids is 2. The summed E-state index contributed by atoms with van der Waals surface area (Å²) in [4.78, 5) is 27.6. The summed E-state index contributed by atoms with van der Waals surface area (Å²) in [7, 11) is 0. The Kier molecular flexibility index (Phi) is 5.77. The van der Waals surface area contributed by atoms with E-state index >= 15 is 0 Å². The SMILES string of the molecule is CCOc1cccc(/C(O)=C2\C(=O)C(=O)N(c3ccc(F)cc3)C2c2ccccc2C)c1. The standard InChI is InChI=1S/C26H22FNO4/c1-3-32-20-9-6-8-17(15-20)24(29)22-23(21-10-5-4-7-16(21)2)28(26(31)25(22)30)19-13-11-18(27)12-14-19/h4-15,23,29H,3H2,1-2H3/b24-22+. The van der Waals surface area contributed by atoms with E-state index in [0.29, 0.717) is 29.2 Å². The maximum atomic E-state index is 13.5. The zero-order valence-electron chi connectivity index (χ0n) is 17.7. The van der Waals surface area contributed by atoms with Crippen LogP contribution in [0.25, 0.3) is 5.76 Å². The smallest absolute Gasteiger partial charge is 0.300 e. The molecular formula is C26H22FNO4. The molecule has 4 rings (SSSR count). The van der Waals surface area contributed by atoms with Gasteiger partial charge in [0.05, 0.1) is 18.2 Å². The van der Waals surface area contributed by atoms with E-state index in [2.05, 4.69) is 0 Å². The lowest BCUT2D eigenvalue weighted by Gasteiger charge is -2.26. The maximum Gasteiger partial charge on any atom is 0.300 e. The van der Waals surface area contributed by atoms with Crippen molar-refractivity contribution in [2.24, 2.45) is 0 Å². The van der Waals surface area contributed by atoms with E-state index < -0.39 is 23.5 Å². The van der Waals surface area contributed by atoms with Gasteiger partial charge in [-0.15, -0.1) is 0 Å². The monoisotopic (exact) mass is 431 g/mol. The molecule has 1 unspecified atom stereocenters. The average Bonchev–Trinajstić information content (AvgIpc) is 3.05. The van der Waals surface area contributed by atoms with Gasteiger partial charge in [-0.05, 0) is 61.4 Å². The van der Waals surface area contributed by atoms with Crippen molar-refractivity contribution in [3.63, 3.8) is 0 Å². The fourth-order valence-electron chi connectivity index (χ4n) is 3.94. The highest BCUT2D eigenvalue weighted by atomic mass is 19.1. The fraction of sp³-hybridized carbons (Fsp3) is 0.154. The number of anilines is 1. The van der Waals surface area contributed by atoms with Gasteiger partial charge in [-0.25, -0.2) is 4.39 Å². The first-order valence-corrected chi connectivity index (χ1v) is 10.3. The lowest BCUT2D eigenvalue weighted by Crippen LogP contribution is -2.29. The summed E-state index contributed by atoms with van der Waals surface area (Å²) in [5, 5.41) is 11.2. The molecule has 0 aromatic heterocycles. The van der Waals surface area contributed by atoms with Crippen LogP contribution in [0.2, 0.25) is 0 Å². The number of rotatable bonds is 5. The van der Waals surface area contributed by atoms with Crippen LogP contribution >= 0.6 is 0 Å². The highest BCUT2D eigenvalue weighted by Crippen LogP contribution is 2.43. The molecule has 1 atom stereocenters. The Morgan fingerprint density at radius 1 is 1.03 bits per heavy atom. The van der Waals surface area contributed by atoms with Crippen molar-refractivity contribution in [1.82, 2.24) is 0 Å². The van der Waals surface area contributed by atoms with Gasteiger partial charge in [0.15, 0.2) is 0 Å². The molecule has 1 amide bonds. The molecule has 6 heteroatoms. The predicted molar refractivity (Wildman–Crippen MR) is 120 cm³/mol. The van der Waals surface area contributed by atoms with Gasteiger partial charge in [-0.1, -0.05) is 36.4 Å². The summed E-state index contributed by atoms with van der Waals surface area (Å²) in [5.74, 6) is -1.79. The minimum Gasteiger partial charge on any atom is -0.507 e. The molecule has 0 bridgehead atoms. The van der Waals surface area contributed by atoms with Crippen LogP contribution in [0.3, 0.4) is 0 Å². The van der Waals surface area contributed by atoms with E-state index in [9.17, 15) is 19.1 Å². The van der Waals surface area contributed by atoms with Crippen LogP contribution in [0.1, 0.15) is 29.7 Å². The number of benzene rings is 3. The van der Waals surface area contributed by atoms with Crippen LogP contribution in [-0.4, -0.2) is 23.4 Å². The van der Waals surface area contributed by atoms with Gasteiger partial charge >= 0.3 is 0 Å². The van der Waals surface area contributed by atoms with Gasteiger partial charge in [-0.3, -0.25) is 14.5 Å². The Morgan fingerprint density at radius 2 is 1.75 bits per heavy atom. The largest absolute Gasteiger partial charge is 0.507 e. The first-order valence-electron chi connectivity index (χ1n) is 10.3. The summed E-state index contributed by atoms with van der Waals surface area (Å²) in [5.41, 5.74) is 2.25. The molecule has 1 heterocycles. The van der Waals surface area contributed by atoms with Gasteiger partial charge in [-0.2, -0.15) is 0 Å². The van der Waals surface area contributed by atoms with Crippen LogP contribution in [0.4, 0.5) is 10.1 Å². The van der Waals surface area contributed by atoms with Crippen molar-refractivity contribution in [2.75, 3.05) is 11.5 Å². The molecule has 0 saturated carbocycles. The second-order valence-electron chi connectivity index (χ2n) is 7.46. The van der Waals surface area contributed by atoms with Crippen molar-refractivity contribution in [1.29, 1.82) is 0 Å². The molecule has 0 aliphatic carbocycles. The summed E-state index contributed by atoms with van der Waals surface area (Å²) >= 11 is 0. The molecule has 5 nitrogen and oxygen atoms in total. The number of halogens is 1. The third-order valence-electron chi connectivity index (χ3n) is 5.45. The van der Waals surface area contributed by atoms with Crippen LogP contribution in [-0.2, 0) is 9.59 Å². The number of aliphatic hydroxyl groups excluding tert-OH is 1. The van der Waals surface area contributed by atoms with Crippen molar-refractivity contribution >= 4 is 23.1 Å². The highest BCUT2D eigenvalue weighted by Gasteiger charge is 2.47. The topological polar surface area (TPSA) is 66.8 Å². The minimum absolute atomic E-state index is 0.0257. The lowest BCUT2D eigenvalue weighted by molar-refractivity contribution is -0.132. The van der Waals surface area contributed by atoms with Crippen LogP contribution in [0.5, 0.6) is 5.75 Å². The minimum atomic E-state index is -0.864. The Morgan fingerprint density at radius 3 is 2.44 bits per heavy atom. The van der Waals surface area contributed by atoms with E-state index in [0.717, 1.165) is 5.56 Å². The molecule has 1 fully saturated rings. The second kappa shape index (κ2) is 8.67. The number of aliphatic hydroxyl groups is 1. The first kappa shape index (κ1) is 21.3. The number of Topliss-reactive ketones (excluding diaryl/α,β-unsaturated/α-hetero) is 1. The number of ketones is 1. The van der Waals surface area contributed by atoms with E-state index in [1.165, 1.54) is 29.2 Å². The number of carbonyl (C=O) groups is 2. The molecule has 1 N–H and O–H groups in total. The molecule has 162 valence electrons. The van der Waals surface area contributed by atoms with Crippen LogP contribution < -0.4 is 9.64 Å². The van der Waals surface area contributed by atoms with Gasteiger partial charge in [0.1, 0.15) is 17.3 Å². The molecule has 0 spiro atoms. The average molecular weight is 431 g/mol. The second-order valence-corrected chi connectivity index (χ2v) is 7.46. The molecule has 3 aromatic rings. The lowest BCUT2D eigenvalue weighted by atomic mass is 9.92. The quantitative estimate of drug-likeness (QED) is 0.344. The van der Waals surface area contributed by atoms with E-state index in [-0.39, 0.29) is 11.3 Å². The number of aryl methyl sites for hydroxylation is 1. The summed E-state index contributed by atoms with van der Waals surface area (Å²) in [6, 6.07) is 18.6. The van der Waals surface area contributed by atoms with Crippen molar-refractivity contribution in [2.45, 2.75) is 19.9 Å². The van der Waals surface area contributed by atoms with E-state index in [1.807, 2.05) is 38.1 Å². The zero-order chi connectivity index (χ0) is 22.8. The van der Waals surface area contributed by atoms with Gasteiger partial charge in [0, 0.05) is 11.3 Å². The van der Waals surface area contributed by atoms with Gasteiger partial charge in [0.25, 0.3) is 11.7 Å². The highest BCUT2D eigenvalue weighted by molar-refractivity contribution is 6.51. The number of hydrogen-bond donors (Lipinski definition) is 1. The third kappa shape index (κ3) is 3.75. The van der Waals surface area contributed by atoms with E-state index in [1.54, 1.807) is 24.3 Å². The summed E-state index contributed by atoms with van der Waals surface area (Å²) < 4.78 is 19.0. The summed E-state index contributed by atoms with van der Waals surface area (Å²) in [6.07, 6.45) is 0. The Labute approximate surface area is 185 Å². The van der Waals surface area contributed by atoms with Crippen LogP contribution in [0, 0.1) is 12.7 Å². The molecular weight excluding hydrogens is 409 g/mol. The molecule has 3 aromatic carbocycles. The maximum absolute atomic E-state index is 13.5. The number of ether oxygens (including phenoxy) is 1. The van der Waals surface area contributed by atoms with Gasteiger partial charge in [0.2, 0.25) is 0 Å². The molecule has 0 radical (unpaired) electrons. The van der Waals surface area contributed by atoms with Gasteiger partial charge < -0.3 is 9.84 Å². The molecule has 32 heavy (non-hydrogen) atoms. The number of amides is 1. The Bertz CT molecular complexity index is 1220. The predicted octanol–water partition coefficient (Wildman–Crippen LogP) is 5.16. The Hall–Kier alpha value is -3.93. The zero-order valence-corrected chi connectivity index (χ0v) is 17.7. The normalized spacial score (nSPS) is 17.6. The molecule has 1 aliphatic heterocycles. The van der Waals surface area contributed by atoms with Crippen molar-refractivity contribution in [3.8, 4) is 5.75 Å². The summed E-state index contributed by atoms with van der Waals surface area (Å²) in [6.45, 7) is 4.16. The number of nitrogens with zero attached hydrogens (tertiary/aromatic N) is 1. The van der Waals surface area contributed by atoms with E-state index in [4.69, 9.17) is 4.74 Å². The molecule has 1 aliphatic rings. The van der Waals surface area contributed by atoms with Crippen molar-refractivity contribution < 1.29 is 23.8 Å².